The minimum Gasteiger partial charge on any atom is -0.478 e. The smallest absolute Gasteiger partial charge is 0.339 e. The van der Waals surface area contributed by atoms with Crippen molar-refractivity contribution >= 4 is 17.7 Å². The van der Waals surface area contributed by atoms with Crippen molar-refractivity contribution in [2.24, 2.45) is 11.7 Å². The van der Waals surface area contributed by atoms with Gasteiger partial charge in [-0.2, -0.15) is 0 Å². The lowest BCUT2D eigenvalue weighted by Gasteiger charge is -2.16. The number of carboxylic acids is 2. The van der Waals surface area contributed by atoms with Gasteiger partial charge in [0, 0.05) is 6.08 Å². The molecule has 0 bridgehead atoms. The Labute approximate surface area is 92.7 Å². The molecule has 4 N–H and O–H groups in total. The summed E-state index contributed by atoms with van der Waals surface area (Å²) >= 11 is 0. The Kier molecular flexibility index (Phi) is 5.38. The van der Waals surface area contributed by atoms with Crippen LogP contribution in [-0.2, 0) is 14.4 Å². The van der Waals surface area contributed by atoms with E-state index >= 15 is 0 Å². The summed E-state index contributed by atoms with van der Waals surface area (Å²) in [5.41, 5.74) is 4.75. The molecule has 0 radical (unpaired) electrons. The number of hydrogen-bond donors (Lipinski definition) is 3. The van der Waals surface area contributed by atoms with Crippen LogP contribution < -0.4 is 5.73 Å². The summed E-state index contributed by atoms with van der Waals surface area (Å²) in [6.45, 7) is 3.50. The maximum absolute atomic E-state index is 11.6. The Morgan fingerprint density at radius 3 is 2.12 bits per heavy atom. The van der Waals surface area contributed by atoms with Gasteiger partial charge in [0.25, 0.3) is 0 Å². The van der Waals surface area contributed by atoms with Crippen LogP contribution in [0.4, 0.5) is 0 Å². The fourth-order valence-corrected chi connectivity index (χ4v) is 1.05. The number of aliphatic carboxylic acids is 2. The topological polar surface area (TPSA) is 118 Å². The molecule has 0 aliphatic heterocycles. The Hall–Kier alpha value is -1.69. The van der Waals surface area contributed by atoms with Gasteiger partial charge in [-0.15, -0.1) is 0 Å². The van der Waals surface area contributed by atoms with E-state index in [9.17, 15) is 14.4 Å². The van der Waals surface area contributed by atoms with Crippen molar-refractivity contribution in [3.05, 3.63) is 11.6 Å². The largest absolute Gasteiger partial charge is 0.478 e. The fraction of sp³-hybridized carbons (Fsp3) is 0.500. The van der Waals surface area contributed by atoms with Crippen molar-refractivity contribution < 1.29 is 24.6 Å². The second-order valence-electron chi connectivity index (χ2n) is 3.48. The third kappa shape index (κ3) is 3.82. The van der Waals surface area contributed by atoms with Gasteiger partial charge < -0.3 is 15.9 Å². The zero-order valence-corrected chi connectivity index (χ0v) is 9.14. The summed E-state index contributed by atoms with van der Waals surface area (Å²) in [4.78, 5) is 32.6. The Balaban J connectivity index is 5.04. The molecule has 2 atom stereocenters. The standard InChI is InChI=1S/C10H15NO5/c1-3-5(2)8(11)9(14)6(10(15)16)4-7(12)13/h4-5,8H,3,11H2,1-2H3,(H,12,13)(H,15,16)/b6-4+/t5-,8-/m0/s1. The van der Waals surface area contributed by atoms with Crippen LogP contribution in [-0.4, -0.2) is 34.0 Å². The summed E-state index contributed by atoms with van der Waals surface area (Å²) < 4.78 is 0. The first kappa shape index (κ1) is 14.3. The highest BCUT2D eigenvalue weighted by Gasteiger charge is 2.27. The van der Waals surface area contributed by atoms with Crippen LogP contribution in [0.3, 0.4) is 0 Å². The molecule has 0 fully saturated rings. The monoisotopic (exact) mass is 229 g/mol. The number of carboxylic acid groups (broad SMARTS) is 2. The minimum absolute atomic E-state index is 0.205. The highest BCUT2D eigenvalue weighted by molar-refractivity contribution is 6.21. The van der Waals surface area contributed by atoms with Gasteiger partial charge in [0.15, 0.2) is 5.78 Å². The lowest BCUT2D eigenvalue weighted by atomic mass is 9.92. The summed E-state index contributed by atoms with van der Waals surface area (Å²) in [5.74, 6) is -4.12. The SMILES string of the molecule is CC[C@H](C)[C@H](N)C(=O)/C(=C\C(=O)O)C(=O)O. The molecule has 0 amide bonds. The average Bonchev–Trinajstić information content (AvgIpc) is 2.22. The third-order valence-electron chi connectivity index (χ3n) is 2.32. The molecule has 0 unspecified atom stereocenters. The molecule has 0 aromatic heterocycles. The Morgan fingerprint density at radius 1 is 1.31 bits per heavy atom. The number of carbonyl (C=O) groups excluding carboxylic acids is 1. The summed E-state index contributed by atoms with van der Waals surface area (Å²) in [7, 11) is 0. The molecular formula is C10H15NO5. The van der Waals surface area contributed by atoms with E-state index in [1.807, 2.05) is 0 Å². The van der Waals surface area contributed by atoms with Crippen molar-refractivity contribution in [1.82, 2.24) is 0 Å². The molecule has 0 aromatic rings. The number of Topliss-reactive ketones (excluding diaryl/α,β-unsaturated/α-hetero) is 1. The van der Waals surface area contributed by atoms with Crippen LogP contribution in [0.25, 0.3) is 0 Å². The van der Waals surface area contributed by atoms with E-state index in [-0.39, 0.29) is 5.92 Å². The Morgan fingerprint density at radius 2 is 1.81 bits per heavy atom. The zero-order valence-electron chi connectivity index (χ0n) is 9.14. The molecule has 0 heterocycles. The molecule has 6 heteroatoms. The number of carbonyl (C=O) groups is 3. The Bertz CT molecular complexity index is 334. The van der Waals surface area contributed by atoms with E-state index < -0.39 is 29.3 Å². The number of rotatable bonds is 6. The average molecular weight is 229 g/mol. The zero-order chi connectivity index (χ0) is 12.9. The highest BCUT2D eigenvalue weighted by Crippen LogP contribution is 2.11. The van der Waals surface area contributed by atoms with Gasteiger partial charge in [-0.25, -0.2) is 9.59 Å². The van der Waals surface area contributed by atoms with E-state index in [2.05, 4.69) is 0 Å². The van der Waals surface area contributed by atoms with Crippen molar-refractivity contribution in [2.75, 3.05) is 0 Å². The van der Waals surface area contributed by atoms with E-state index in [4.69, 9.17) is 15.9 Å². The van der Waals surface area contributed by atoms with Crippen LogP contribution in [0.15, 0.2) is 11.6 Å². The molecule has 0 aliphatic carbocycles. The molecule has 6 nitrogen and oxygen atoms in total. The molecule has 0 aliphatic rings. The van der Waals surface area contributed by atoms with E-state index in [0.29, 0.717) is 12.5 Å². The van der Waals surface area contributed by atoms with Gasteiger partial charge in [0.2, 0.25) is 0 Å². The molecule has 0 aromatic carbocycles. The normalized spacial score (nSPS) is 15.3. The second kappa shape index (κ2) is 6.02. The summed E-state index contributed by atoms with van der Waals surface area (Å²) in [6, 6.07) is -0.994. The van der Waals surface area contributed by atoms with Gasteiger partial charge in [-0.1, -0.05) is 20.3 Å². The van der Waals surface area contributed by atoms with Gasteiger partial charge in [0.1, 0.15) is 5.57 Å². The van der Waals surface area contributed by atoms with Crippen LogP contribution >= 0.6 is 0 Å². The van der Waals surface area contributed by atoms with Crippen molar-refractivity contribution in [3.63, 3.8) is 0 Å². The van der Waals surface area contributed by atoms with Gasteiger partial charge in [0.05, 0.1) is 6.04 Å². The van der Waals surface area contributed by atoms with Crippen LogP contribution in [0.1, 0.15) is 20.3 Å². The quantitative estimate of drug-likeness (QED) is 0.336. The van der Waals surface area contributed by atoms with Gasteiger partial charge >= 0.3 is 11.9 Å². The first-order chi connectivity index (χ1) is 7.31. The number of hydrogen-bond acceptors (Lipinski definition) is 4. The molecule has 0 saturated carbocycles. The van der Waals surface area contributed by atoms with Gasteiger partial charge in [-0.3, -0.25) is 4.79 Å². The maximum atomic E-state index is 11.6. The predicted molar refractivity (Wildman–Crippen MR) is 55.8 cm³/mol. The van der Waals surface area contributed by atoms with Crippen molar-refractivity contribution in [1.29, 1.82) is 0 Å². The van der Waals surface area contributed by atoms with Crippen molar-refractivity contribution in [3.8, 4) is 0 Å². The predicted octanol–water partition coefficient (Wildman–Crippen LogP) is 0.0245. The minimum atomic E-state index is -1.58. The number of nitrogens with two attached hydrogens (primary N) is 1. The van der Waals surface area contributed by atoms with E-state index in [1.54, 1.807) is 13.8 Å². The molecule has 16 heavy (non-hydrogen) atoms. The highest BCUT2D eigenvalue weighted by atomic mass is 16.4. The maximum Gasteiger partial charge on any atom is 0.339 e. The van der Waals surface area contributed by atoms with E-state index in [0.717, 1.165) is 0 Å². The molecule has 90 valence electrons. The van der Waals surface area contributed by atoms with E-state index in [1.165, 1.54) is 0 Å². The summed E-state index contributed by atoms with van der Waals surface area (Å²) in [5, 5.41) is 17.1. The van der Waals surface area contributed by atoms with Crippen molar-refractivity contribution in [2.45, 2.75) is 26.3 Å². The molecular weight excluding hydrogens is 214 g/mol. The van der Waals surface area contributed by atoms with Crippen LogP contribution in [0.5, 0.6) is 0 Å². The lowest BCUT2D eigenvalue weighted by molar-refractivity contribution is -0.137. The molecule has 0 saturated heterocycles. The number of ketones is 1. The first-order valence-corrected chi connectivity index (χ1v) is 4.78. The van der Waals surface area contributed by atoms with Gasteiger partial charge in [-0.05, 0) is 5.92 Å². The lowest BCUT2D eigenvalue weighted by Crippen LogP contribution is -2.39. The third-order valence-corrected chi connectivity index (χ3v) is 2.32. The first-order valence-electron chi connectivity index (χ1n) is 4.78. The fourth-order valence-electron chi connectivity index (χ4n) is 1.05. The molecule has 0 rings (SSSR count). The molecule has 0 spiro atoms. The summed E-state index contributed by atoms with van der Waals surface area (Å²) in [6.07, 6.45) is 0.972. The second-order valence-corrected chi connectivity index (χ2v) is 3.48. The van der Waals surface area contributed by atoms with Crippen LogP contribution in [0.2, 0.25) is 0 Å². The van der Waals surface area contributed by atoms with Crippen LogP contribution in [0, 0.1) is 5.92 Å².